The molecule has 31 heavy (non-hydrogen) atoms. The van der Waals surface area contributed by atoms with E-state index in [2.05, 4.69) is 20.3 Å². The number of carbonyl (C=O) groups is 2. The maximum atomic E-state index is 12.9. The van der Waals surface area contributed by atoms with Gasteiger partial charge in [0.05, 0.1) is 34.8 Å². The highest BCUT2D eigenvalue weighted by Gasteiger charge is 2.18. The predicted molar refractivity (Wildman–Crippen MR) is 121 cm³/mol. The number of amides is 2. The van der Waals surface area contributed by atoms with E-state index in [0.29, 0.717) is 33.2 Å². The Hall–Kier alpha value is -3.32. The normalized spacial score (nSPS) is 10.8. The van der Waals surface area contributed by atoms with Crippen LogP contribution in [0.5, 0.6) is 0 Å². The first-order valence-corrected chi connectivity index (χ1v) is 10.2. The highest BCUT2D eigenvalue weighted by Crippen LogP contribution is 2.27. The van der Waals surface area contributed by atoms with Crippen molar-refractivity contribution in [3.05, 3.63) is 70.9 Å². The molecule has 0 saturated carbocycles. The molecule has 2 heterocycles. The third kappa shape index (κ3) is 5.64. The summed E-state index contributed by atoms with van der Waals surface area (Å²) in [6, 6.07) is 8.77. The standard InChI is InChI=1S/C23H24ClN5O2/c1-14(2)23(31)29(4)20-8-16(21-6-5-18(24)11-27-21)7-17(9-20)22(30)28-13-19-12-25-15(3)10-26-19/h5-12,14H,13H2,1-4H3,(H,28,30). The van der Waals surface area contributed by atoms with E-state index >= 15 is 0 Å². The number of carbonyl (C=O) groups excluding carboxylic acids is 2. The zero-order valence-corrected chi connectivity index (χ0v) is 18.6. The molecule has 0 aliphatic heterocycles. The third-order valence-electron chi connectivity index (χ3n) is 4.68. The van der Waals surface area contributed by atoms with Crippen molar-refractivity contribution >= 4 is 29.1 Å². The van der Waals surface area contributed by atoms with Crippen molar-refractivity contribution in [1.29, 1.82) is 0 Å². The summed E-state index contributed by atoms with van der Waals surface area (Å²) in [6.07, 6.45) is 4.82. The maximum Gasteiger partial charge on any atom is 0.251 e. The van der Waals surface area contributed by atoms with E-state index in [9.17, 15) is 9.59 Å². The minimum absolute atomic E-state index is 0.0532. The molecule has 1 N–H and O–H groups in total. The lowest BCUT2D eigenvalue weighted by atomic mass is 10.0. The van der Waals surface area contributed by atoms with Gasteiger partial charge in [0.15, 0.2) is 0 Å². The Morgan fingerprint density at radius 3 is 2.45 bits per heavy atom. The highest BCUT2D eigenvalue weighted by atomic mass is 35.5. The minimum Gasteiger partial charge on any atom is -0.346 e. The monoisotopic (exact) mass is 437 g/mol. The second-order valence-corrected chi connectivity index (χ2v) is 7.95. The Labute approximate surface area is 186 Å². The molecule has 7 nitrogen and oxygen atoms in total. The summed E-state index contributed by atoms with van der Waals surface area (Å²) in [4.78, 5) is 39.8. The average Bonchev–Trinajstić information content (AvgIpc) is 2.77. The van der Waals surface area contributed by atoms with E-state index in [1.54, 1.807) is 54.8 Å². The van der Waals surface area contributed by atoms with E-state index in [1.807, 2.05) is 26.8 Å². The van der Waals surface area contributed by atoms with Crippen molar-refractivity contribution in [2.24, 2.45) is 5.92 Å². The van der Waals surface area contributed by atoms with Gasteiger partial charge in [-0.15, -0.1) is 0 Å². The van der Waals surface area contributed by atoms with Crippen molar-refractivity contribution in [2.75, 3.05) is 11.9 Å². The molecule has 0 atom stereocenters. The highest BCUT2D eigenvalue weighted by molar-refractivity contribution is 6.30. The summed E-state index contributed by atoms with van der Waals surface area (Å²) in [5, 5.41) is 3.37. The molecule has 0 radical (unpaired) electrons. The van der Waals surface area contributed by atoms with Gasteiger partial charge in [-0.2, -0.15) is 0 Å². The Bertz CT molecular complexity index is 1080. The number of rotatable bonds is 6. The molecule has 1 aromatic carbocycles. The number of pyridine rings is 1. The lowest BCUT2D eigenvalue weighted by Gasteiger charge is -2.21. The molecule has 0 bridgehead atoms. The summed E-state index contributed by atoms with van der Waals surface area (Å²) in [7, 11) is 1.69. The van der Waals surface area contributed by atoms with Crippen LogP contribution < -0.4 is 10.2 Å². The van der Waals surface area contributed by atoms with Crippen LogP contribution in [0.1, 0.15) is 35.6 Å². The van der Waals surface area contributed by atoms with Crippen LogP contribution >= 0.6 is 11.6 Å². The van der Waals surface area contributed by atoms with Crippen LogP contribution in [0.3, 0.4) is 0 Å². The molecule has 2 aromatic heterocycles. The van der Waals surface area contributed by atoms with Crippen LogP contribution in [0.2, 0.25) is 5.02 Å². The first kappa shape index (κ1) is 22.4. The van der Waals surface area contributed by atoms with Crippen LogP contribution in [-0.4, -0.2) is 33.8 Å². The lowest BCUT2D eigenvalue weighted by molar-refractivity contribution is -0.121. The quantitative estimate of drug-likeness (QED) is 0.628. The number of aromatic nitrogens is 3. The maximum absolute atomic E-state index is 12.9. The van der Waals surface area contributed by atoms with Gasteiger partial charge in [-0.25, -0.2) is 0 Å². The summed E-state index contributed by atoms with van der Waals surface area (Å²) in [6.45, 7) is 5.76. The molecule has 0 fully saturated rings. The SMILES string of the molecule is Cc1cnc(CNC(=O)c2cc(-c3ccc(Cl)cn3)cc(N(C)C(=O)C(C)C)c2)cn1. The molecule has 0 saturated heterocycles. The fourth-order valence-electron chi connectivity index (χ4n) is 2.93. The van der Waals surface area contributed by atoms with Gasteiger partial charge in [0.25, 0.3) is 5.91 Å². The fourth-order valence-corrected chi connectivity index (χ4v) is 3.04. The van der Waals surface area contributed by atoms with Gasteiger partial charge in [0.2, 0.25) is 5.91 Å². The van der Waals surface area contributed by atoms with Crippen molar-refractivity contribution in [1.82, 2.24) is 20.3 Å². The van der Waals surface area contributed by atoms with Gasteiger partial charge >= 0.3 is 0 Å². The Morgan fingerprint density at radius 1 is 1.06 bits per heavy atom. The molecule has 0 aliphatic carbocycles. The molecule has 2 amide bonds. The Kier molecular flexibility index (Phi) is 6.97. The topological polar surface area (TPSA) is 88.1 Å². The van der Waals surface area contributed by atoms with Crippen LogP contribution in [0.4, 0.5) is 5.69 Å². The van der Waals surface area contributed by atoms with E-state index in [4.69, 9.17) is 11.6 Å². The average molecular weight is 438 g/mol. The Morgan fingerprint density at radius 2 is 1.84 bits per heavy atom. The molecule has 0 spiro atoms. The number of hydrogen-bond acceptors (Lipinski definition) is 5. The molecule has 160 valence electrons. The summed E-state index contributed by atoms with van der Waals surface area (Å²) in [5.41, 5.74) is 3.83. The molecule has 0 unspecified atom stereocenters. The van der Waals surface area contributed by atoms with Crippen LogP contribution in [0, 0.1) is 12.8 Å². The first-order chi connectivity index (χ1) is 14.7. The van der Waals surface area contributed by atoms with E-state index in [0.717, 1.165) is 5.69 Å². The van der Waals surface area contributed by atoms with Gasteiger partial charge in [0, 0.05) is 42.2 Å². The van der Waals surface area contributed by atoms with E-state index < -0.39 is 0 Å². The fraction of sp³-hybridized carbons (Fsp3) is 0.261. The van der Waals surface area contributed by atoms with Gasteiger partial charge in [0.1, 0.15) is 0 Å². The van der Waals surface area contributed by atoms with Crippen LogP contribution in [-0.2, 0) is 11.3 Å². The lowest BCUT2D eigenvalue weighted by Crippen LogP contribution is -2.31. The number of anilines is 1. The van der Waals surface area contributed by atoms with Gasteiger partial charge in [-0.3, -0.25) is 24.5 Å². The summed E-state index contributed by atoms with van der Waals surface area (Å²) < 4.78 is 0. The molecule has 8 heteroatoms. The number of halogens is 1. The molecule has 0 aliphatic rings. The zero-order valence-electron chi connectivity index (χ0n) is 17.9. The van der Waals surface area contributed by atoms with E-state index in [-0.39, 0.29) is 24.3 Å². The molecule has 3 rings (SSSR count). The van der Waals surface area contributed by atoms with Crippen LogP contribution in [0.25, 0.3) is 11.3 Å². The van der Waals surface area contributed by atoms with Crippen molar-refractivity contribution in [3.8, 4) is 11.3 Å². The smallest absolute Gasteiger partial charge is 0.251 e. The molecular weight excluding hydrogens is 414 g/mol. The number of nitrogens with one attached hydrogen (secondary N) is 1. The molecule has 3 aromatic rings. The first-order valence-electron chi connectivity index (χ1n) is 9.85. The van der Waals surface area contributed by atoms with Gasteiger partial charge in [-0.05, 0) is 37.3 Å². The number of hydrogen-bond donors (Lipinski definition) is 1. The minimum atomic E-state index is -0.287. The third-order valence-corrected chi connectivity index (χ3v) is 4.90. The summed E-state index contributed by atoms with van der Waals surface area (Å²) in [5.74, 6) is -0.521. The second-order valence-electron chi connectivity index (χ2n) is 7.51. The number of benzene rings is 1. The largest absolute Gasteiger partial charge is 0.346 e. The zero-order chi connectivity index (χ0) is 22.5. The van der Waals surface area contributed by atoms with Gasteiger partial charge in [-0.1, -0.05) is 25.4 Å². The van der Waals surface area contributed by atoms with Crippen molar-refractivity contribution < 1.29 is 9.59 Å². The van der Waals surface area contributed by atoms with Crippen LogP contribution in [0.15, 0.2) is 48.9 Å². The number of aryl methyl sites for hydroxylation is 1. The second kappa shape index (κ2) is 9.66. The van der Waals surface area contributed by atoms with Crippen molar-refractivity contribution in [2.45, 2.75) is 27.3 Å². The van der Waals surface area contributed by atoms with Crippen molar-refractivity contribution in [3.63, 3.8) is 0 Å². The summed E-state index contributed by atoms with van der Waals surface area (Å²) >= 11 is 5.96. The number of nitrogens with zero attached hydrogens (tertiary/aromatic N) is 4. The van der Waals surface area contributed by atoms with Gasteiger partial charge < -0.3 is 10.2 Å². The Balaban J connectivity index is 1.93. The molecular formula is C23H24ClN5O2. The predicted octanol–water partition coefficient (Wildman–Crippen LogP) is 4.05. The van der Waals surface area contributed by atoms with E-state index in [1.165, 1.54) is 0 Å².